The van der Waals surface area contributed by atoms with E-state index in [0.717, 1.165) is 5.56 Å². The number of amides is 1. The van der Waals surface area contributed by atoms with Crippen LogP contribution in [-0.2, 0) is 16.1 Å². The highest BCUT2D eigenvalue weighted by Gasteiger charge is 2.46. The normalized spacial score (nSPS) is 17.1. The van der Waals surface area contributed by atoms with E-state index in [4.69, 9.17) is 9.47 Å². The minimum atomic E-state index is -0.766. The van der Waals surface area contributed by atoms with Crippen LogP contribution in [0.2, 0.25) is 0 Å². The molecule has 1 atom stereocenters. The molecule has 1 aliphatic heterocycles. The maximum Gasteiger partial charge on any atom is 0.295 e. The van der Waals surface area contributed by atoms with Crippen LogP contribution in [0.25, 0.3) is 5.76 Å². The predicted octanol–water partition coefficient (Wildman–Crippen LogP) is 4.89. The number of likely N-dealkylation sites (tertiary alicyclic amines) is 1. The summed E-state index contributed by atoms with van der Waals surface area (Å²) in [4.78, 5) is 31.9. The molecular weight excluding hydrogens is 444 g/mol. The molecule has 2 aromatic carbocycles. The van der Waals surface area contributed by atoms with Gasteiger partial charge in [-0.2, -0.15) is 0 Å². The van der Waals surface area contributed by atoms with Crippen molar-refractivity contribution in [2.24, 2.45) is 0 Å². The van der Waals surface area contributed by atoms with Crippen LogP contribution in [0.15, 0.2) is 78.6 Å². The molecule has 1 N–H and O–H groups in total. The van der Waals surface area contributed by atoms with Crippen molar-refractivity contribution in [2.45, 2.75) is 39.5 Å². The summed E-state index contributed by atoms with van der Waals surface area (Å²) in [6, 6.07) is 16.9. The summed E-state index contributed by atoms with van der Waals surface area (Å²) in [5.74, 6) is -0.299. The first-order valence-corrected chi connectivity index (χ1v) is 11.6. The lowest BCUT2D eigenvalue weighted by Crippen LogP contribution is -2.29. The zero-order chi connectivity index (χ0) is 24.9. The largest absolute Gasteiger partial charge is 0.507 e. The summed E-state index contributed by atoms with van der Waals surface area (Å²) in [7, 11) is 0. The Labute approximate surface area is 204 Å². The third-order valence-corrected chi connectivity index (χ3v) is 5.62. The first kappa shape index (κ1) is 24.0. The van der Waals surface area contributed by atoms with Gasteiger partial charge in [0.05, 0.1) is 24.3 Å². The number of aliphatic hydroxyl groups excluding tert-OH is 1. The number of ether oxygens (including phenoxy) is 2. The molecule has 35 heavy (non-hydrogen) atoms. The van der Waals surface area contributed by atoms with Crippen molar-refractivity contribution in [3.05, 3.63) is 95.3 Å². The number of aliphatic hydroxyl groups is 1. The Balaban J connectivity index is 1.78. The van der Waals surface area contributed by atoms with Gasteiger partial charge in [0.25, 0.3) is 11.7 Å². The van der Waals surface area contributed by atoms with E-state index < -0.39 is 17.7 Å². The Morgan fingerprint density at radius 2 is 1.71 bits per heavy atom. The van der Waals surface area contributed by atoms with E-state index in [2.05, 4.69) is 4.98 Å². The fraction of sp³-hybridized carbons (Fsp3) is 0.250. The molecule has 7 nitrogen and oxygen atoms in total. The Kier molecular flexibility index (Phi) is 7.15. The lowest BCUT2D eigenvalue weighted by molar-refractivity contribution is -0.140. The van der Waals surface area contributed by atoms with Crippen LogP contribution < -0.4 is 9.47 Å². The Bertz CT molecular complexity index is 1220. The number of hydrogen-bond acceptors (Lipinski definition) is 6. The van der Waals surface area contributed by atoms with E-state index in [0.29, 0.717) is 29.2 Å². The number of aromatic nitrogens is 1. The number of hydrogen-bond donors (Lipinski definition) is 1. The maximum atomic E-state index is 13.2. The summed E-state index contributed by atoms with van der Waals surface area (Å²) < 4.78 is 11.2. The molecule has 0 aliphatic carbocycles. The number of ketones is 1. The molecule has 1 amide bonds. The molecule has 0 bridgehead atoms. The van der Waals surface area contributed by atoms with Crippen LogP contribution >= 0.6 is 0 Å². The van der Waals surface area contributed by atoms with Crippen LogP contribution in [0.1, 0.15) is 43.5 Å². The van der Waals surface area contributed by atoms with Crippen molar-refractivity contribution in [3.63, 3.8) is 0 Å². The number of pyridine rings is 1. The second kappa shape index (κ2) is 10.4. The van der Waals surface area contributed by atoms with Gasteiger partial charge in [0.15, 0.2) is 0 Å². The van der Waals surface area contributed by atoms with E-state index in [-0.39, 0.29) is 24.0 Å². The number of nitrogens with zero attached hydrogens (tertiary/aromatic N) is 2. The van der Waals surface area contributed by atoms with E-state index >= 15 is 0 Å². The van der Waals surface area contributed by atoms with Gasteiger partial charge in [-0.1, -0.05) is 18.2 Å². The second-order valence-corrected chi connectivity index (χ2v) is 8.48. The highest BCUT2D eigenvalue weighted by Crippen LogP contribution is 2.40. The first-order valence-electron chi connectivity index (χ1n) is 11.6. The molecule has 7 heteroatoms. The van der Waals surface area contributed by atoms with Gasteiger partial charge >= 0.3 is 0 Å². The third kappa shape index (κ3) is 5.19. The van der Waals surface area contributed by atoms with Crippen molar-refractivity contribution in [1.82, 2.24) is 9.88 Å². The minimum absolute atomic E-state index is 0.00640. The Hall–Kier alpha value is -4.13. The molecule has 0 spiro atoms. The molecule has 1 aromatic heterocycles. The van der Waals surface area contributed by atoms with Gasteiger partial charge in [-0.15, -0.1) is 0 Å². The lowest BCUT2D eigenvalue weighted by atomic mass is 9.95. The summed E-state index contributed by atoms with van der Waals surface area (Å²) in [5, 5.41) is 11.2. The molecule has 3 aromatic rings. The van der Waals surface area contributed by atoms with E-state index in [9.17, 15) is 14.7 Å². The molecule has 1 aliphatic rings. The van der Waals surface area contributed by atoms with Crippen molar-refractivity contribution in [3.8, 4) is 11.5 Å². The van der Waals surface area contributed by atoms with E-state index in [1.165, 1.54) is 4.90 Å². The van der Waals surface area contributed by atoms with Gasteiger partial charge < -0.3 is 19.5 Å². The quantitative estimate of drug-likeness (QED) is 0.285. The molecular formula is C28H28N2O5. The number of carbonyl (C=O) groups excluding carboxylic acids is 2. The molecule has 1 fully saturated rings. The van der Waals surface area contributed by atoms with Gasteiger partial charge in [0, 0.05) is 24.5 Å². The van der Waals surface area contributed by atoms with Gasteiger partial charge in [0.2, 0.25) is 0 Å². The molecule has 0 saturated carbocycles. The smallest absolute Gasteiger partial charge is 0.295 e. The topological polar surface area (TPSA) is 89.0 Å². The monoisotopic (exact) mass is 472 g/mol. The van der Waals surface area contributed by atoms with E-state index in [1.807, 2.05) is 39.0 Å². The highest BCUT2D eigenvalue weighted by atomic mass is 16.5. The van der Waals surface area contributed by atoms with Crippen LogP contribution in [0, 0.1) is 0 Å². The SMILES string of the molecule is CCOc1ccc([C@H]2/C(=C(\O)c3ccc(OC(C)C)cc3)C(=O)C(=O)N2Cc2cccnc2)cc1. The fourth-order valence-electron chi connectivity index (χ4n) is 4.11. The molecule has 1 saturated heterocycles. The number of benzene rings is 2. The third-order valence-electron chi connectivity index (χ3n) is 5.62. The number of carbonyl (C=O) groups is 2. The summed E-state index contributed by atoms with van der Waals surface area (Å²) in [5.41, 5.74) is 1.94. The molecule has 0 unspecified atom stereocenters. The standard InChI is InChI=1S/C28H28N2O5/c1-4-34-22-11-7-20(8-12-22)25-24(26(31)21-9-13-23(14-10-21)35-18(2)3)27(32)28(33)30(25)17-19-6-5-15-29-16-19/h5-16,18,25,31H,4,17H2,1-3H3/b26-24+/t25-/m0/s1. The number of Topliss-reactive ketones (excluding diaryl/α,β-unsaturated/α-hetero) is 1. The lowest BCUT2D eigenvalue weighted by Gasteiger charge is -2.25. The molecule has 0 radical (unpaired) electrons. The summed E-state index contributed by atoms with van der Waals surface area (Å²) >= 11 is 0. The first-order chi connectivity index (χ1) is 16.9. The van der Waals surface area contributed by atoms with Gasteiger partial charge in [-0.3, -0.25) is 14.6 Å². The molecule has 2 heterocycles. The van der Waals surface area contributed by atoms with Crippen LogP contribution in [0.4, 0.5) is 0 Å². The number of rotatable bonds is 8. The Morgan fingerprint density at radius 1 is 1.03 bits per heavy atom. The molecule has 180 valence electrons. The zero-order valence-corrected chi connectivity index (χ0v) is 20.0. The fourth-order valence-corrected chi connectivity index (χ4v) is 4.11. The van der Waals surface area contributed by atoms with Crippen molar-refractivity contribution in [2.75, 3.05) is 6.61 Å². The molecule has 4 rings (SSSR count). The van der Waals surface area contributed by atoms with Crippen LogP contribution in [0.3, 0.4) is 0 Å². The van der Waals surface area contributed by atoms with E-state index in [1.54, 1.807) is 54.9 Å². The van der Waals surface area contributed by atoms with Gasteiger partial charge in [-0.05, 0) is 74.4 Å². The predicted molar refractivity (Wildman–Crippen MR) is 132 cm³/mol. The van der Waals surface area contributed by atoms with Gasteiger partial charge in [0.1, 0.15) is 17.3 Å². The second-order valence-electron chi connectivity index (χ2n) is 8.48. The van der Waals surface area contributed by atoms with Gasteiger partial charge in [-0.25, -0.2) is 0 Å². The Morgan fingerprint density at radius 3 is 2.31 bits per heavy atom. The van der Waals surface area contributed by atoms with Crippen molar-refractivity contribution in [1.29, 1.82) is 0 Å². The van der Waals surface area contributed by atoms with Crippen molar-refractivity contribution >= 4 is 17.4 Å². The highest BCUT2D eigenvalue weighted by molar-refractivity contribution is 6.46. The summed E-state index contributed by atoms with van der Waals surface area (Å²) in [6.07, 6.45) is 3.31. The minimum Gasteiger partial charge on any atom is -0.507 e. The average Bonchev–Trinajstić information content (AvgIpc) is 3.10. The van der Waals surface area contributed by atoms with Crippen LogP contribution in [-0.4, -0.2) is 39.4 Å². The van der Waals surface area contributed by atoms with Crippen molar-refractivity contribution < 1.29 is 24.2 Å². The summed E-state index contributed by atoms with van der Waals surface area (Å²) in [6.45, 7) is 6.45. The van der Waals surface area contributed by atoms with Crippen LogP contribution in [0.5, 0.6) is 11.5 Å². The maximum absolute atomic E-state index is 13.2. The average molecular weight is 473 g/mol. The zero-order valence-electron chi connectivity index (χ0n) is 20.0.